The van der Waals surface area contributed by atoms with E-state index in [0.29, 0.717) is 29.1 Å². The first-order valence-electron chi connectivity index (χ1n) is 9.04. The van der Waals surface area contributed by atoms with E-state index >= 15 is 0 Å². The van der Waals surface area contributed by atoms with Gasteiger partial charge in [-0.25, -0.2) is 4.79 Å². The summed E-state index contributed by atoms with van der Waals surface area (Å²) in [5.74, 6) is 0.270. The van der Waals surface area contributed by atoms with Crippen molar-refractivity contribution < 1.29 is 15.0 Å². The number of nitrogens with two attached hydrogens (primary N) is 1. The summed E-state index contributed by atoms with van der Waals surface area (Å²) < 4.78 is 1.62. The predicted octanol–water partition coefficient (Wildman–Crippen LogP) is 3.55. The van der Waals surface area contributed by atoms with Crippen molar-refractivity contribution in [2.75, 3.05) is 5.32 Å². The van der Waals surface area contributed by atoms with Crippen molar-refractivity contribution in [3.05, 3.63) is 60.2 Å². The van der Waals surface area contributed by atoms with Crippen LogP contribution in [0, 0.1) is 0 Å². The van der Waals surface area contributed by atoms with Gasteiger partial charge in [0.05, 0.1) is 11.3 Å². The number of hydrogen-bond acceptors (Lipinski definition) is 5. The molecule has 2 amide bonds. The topological polar surface area (TPSA) is 126 Å². The number of hydrogen-bond donors (Lipinski definition) is 4. The number of nitrogens with zero attached hydrogens (tertiary/aromatic N) is 3. The summed E-state index contributed by atoms with van der Waals surface area (Å²) in [7, 11) is 0. The summed E-state index contributed by atoms with van der Waals surface area (Å²) in [6.07, 6.45) is 0.563. The van der Waals surface area contributed by atoms with E-state index in [2.05, 4.69) is 15.5 Å². The molecule has 0 radical (unpaired) electrons. The van der Waals surface area contributed by atoms with Crippen LogP contribution in [0.15, 0.2) is 54.6 Å². The Morgan fingerprint density at radius 2 is 1.83 bits per heavy atom. The van der Waals surface area contributed by atoms with Crippen LogP contribution >= 0.6 is 0 Å². The number of urea groups is 1. The van der Waals surface area contributed by atoms with Crippen LogP contribution < -0.4 is 11.1 Å². The van der Waals surface area contributed by atoms with Crippen LogP contribution in [0.25, 0.3) is 27.8 Å². The van der Waals surface area contributed by atoms with Crippen LogP contribution in [0.5, 0.6) is 11.5 Å². The molecule has 0 unspecified atom stereocenters. The molecular weight excluding hydrogens is 370 g/mol. The average Bonchev–Trinajstić information content (AvgIpc) is 3.10. The smallest absolute Gasteiger partial charge is 0.319 e. The normalized spacial score (nSPS) is 10.9. The molecule has 5 N–H and O–H groups in total. The number of carbonyl (C=O) groups is 1. The molecule has 146 valence electrons. The van der Waals surface area contributed by atoms with E-state index in [1.165, 1.54) is 6.07 Å². The number of aryl methyl sites for hydroxylation is 1. The molecule has 0 fully saturated rings. The maximum Gasteiger partial charge on any atom is 0.319 e. The zero-order chi connectivity index (χ0) is 20.5. The van der Waals surface area contributed by atoms with Crippen LogP contribution in [-0.2, 0) is 6.42 Å². The predicted molar refractivity (Wildman–Crippen MR) is 110 cm³/mol. The Morgan fingerprint density at radius 3 is 2.59 bits per heavy atom. The molecule has 4 rings (SSSR count). The third kappa shape index (κ3) is 3.20. The van der Waals surface area contributed by atoms with Crippen molar-refractivity contribution in [2.45, 2.75) is 13.3 Å². The highest BCUT2D eigenvalue weighted by molar-refractivity contribution is 5.93. The first kappa shape index (κ1) is 18.3. The van der Waals surface area contributed by atoms with Gasteiger partial charge in [-0.2, -0.15) is 0 Å². The first-order valence-corrected chi connectivity index (χ1v) is 9.04. The lowest BCUT2D eigenvalue weighted by Gasteiger charge is -2.14. The number of aromatic hydroxyl groups is 2. The van der Waals surface area contributed by atoms with Crippen molar-refractivity contribution in [2.24, 2.45) is 5.73 Å². The summed E-state index contributed by atoms with van der Waals surface area (Å²) in [5.41, 5.74) is 7.04. The van der Waals surface area contributed by atoms with Gasteiger partial charge in [-0.05, 0) is 29.5 Å². The van der Waals surface area contributed by atoms with Crippen molar-refractivity contribution >= 4 is 22.8 Å². The Kier molecular flexibility index (Phi) is 4.52. The van der Waals surface area contributed by atoms with Gasteiger partial charge in [0.1, 0.15) is 11.5 Å². The van der Waals surface area contributed by atoms with Crippen molar-refractivity contribution in [3.8, 4) is 28.6 Å². The van der Waals surface area contributed by atoms with E-state index in [1.807, 2.05) is 49.4 Å². The van der Waals surface area contributed by atoms with Crippen LogP contribution in [-0.4, -0.2) is 31.0 Å². The van der Waals surface area contributed by atoms with E-state index in [9.17, 15) is 15.0 Å². The fraction of sp³-hybridized carbons (Fsp3) is 0.0952. The van der Waals surface area contributed by atoms with Crippen LogP contribution in [0.4, 0.5) is 10.7 Å². The van der Waals surface area contributed by atoms with Gasteiger partial charge in [-0.1, -0.05) is 43.3 Å². The molecule has 0 aliphatic carbocycles. The second kappa shape index (κ2) is 7.16. The number of anilines is 1. The van der Waals surface area contributed by atoms with Gasteiger partial charge in [-0.15, -0.1) is 10.2 Å². The Bertz CT molecular complexity index is 1230. The average molecular weight is 389 g/mol. The van der Waals surface area contributed by atoms with Gasteiger partial charge < -0.3 is 15.9 Å². The third-order valence-corrected chi connectivity index (χ3v) is 4.72. The molecule has 0 spiro atoms. The lowest BCUT2D eigenvalue weighted by molar-refractivity contribution is 0.259. The van der Waals surface area contributed by atoms with Crippen molar-refractivity contribution in [1.29, 1.82) is 0 Å². The largest absolute Gasteiger partial charge is 0.508 e. The van der Waals surface area contributed by atoms with Crippen LogP contribution in [0.2, 0.25) is 0 Å². The van der Waals surface area contributed by atoms with Gasteiger partial charge in [-0.3, -0.25) is 9.88 Å². The number of amides is 2. The molecule has 8 nitrogen and oxygen atoms in total. The molecule has 8 heteroatoms. The summed E-state index contributed by atoms with van der Waals surface area (Å²) in [6.45, 7) is 1.89. The quantitative estimate of drug-likeness (QED) is 0.425. The number of fused-ring (bicyclic) bond motifs is 1. The minimum absolute atomic E-state index is 0.000427. The minimum atomic E-state index is -0.783. The van der Waals surface area contributed by atoms with Gasteiger partial charge in [0.25, 0.3) is 0 Å². The molecule has 1 heterocycles. The highest BCUT2D eigenvalue weighted by Crippen LogP contribution is 2.37. The highest BCUT2D eigenvalue weighted by atomic mass is 16.3. The number of nitrogens with one attached hydrogen (secondary N) is 1. The Hall–Kier alpha value is -4.07. The third-order valence-electron chi connectivity index (χ3n) is 4.72. The van der Waals surface area contributed by atoms with E-state index in [0.717, 1.165) is 10.8 Å². The zero-order valence-electron chi connectivity index (χ0n) is 15.6. The van der Waals surface area contributed by atoms with Crippen molar-refractivity contribution in [1.82, 2.24) is 14.8 Å². The monoisotopic (exact) mass is 389 g/mol. The number of phenols is 2. The van der Waals surface area contributed by atoms with Crippen LogP contribution in [0.3, 0.4) is 0 Å². The molecule has 1 aromatic heterocycles. The number of primary amides is 1. The molecule has 0 bridgehead atoms. The minimum Gasteiger partial charge on any atom is -0.508 e. The highest BCUT2D eigenvalue weighted by Gasteiger charge is 2.21. The molecular formula is C21H19N5O3. The molecule has 0 saturated heterocycles. The molecule has 0 saturated carbocycles. The second-order valence-corrected chi connectivity index (χ2v) is 6.52. The van der Waals surface area contributed by atoms with Crippen molar-refractivity contribution in [3.63, 3.8) is 0 Å². The lowest BCUT2D eigenvalue weighted by atomic mass is 10.0. The van der Waals surface area contributed by atoms with E-state index in [-0.39, 0.29) is 17.4 Å². The number of aromatic nitrogens is 3. The summed E-state index contributed by atoms with van der Waals surface area (Å²) in [5, 5.41) is 33.1. The summed E-state index contributed by atoms with van der Waals surface area (Å²) >= 11 is 0. The molecule has 29 heavy (non-hydrogen) atoms. The molecule has 3 aromatic carbocycles. The lowest BCUT2D eigenvalue weighted by Crippen LogP contribution is -2.22. The number of phenolic OH excluding ortho intramolecular Hbond substituents is 2. The SMILES string of the molecule is CCc1cc(-c2nnc(NC(N)=O)n2-c2cccc3ccccc23)c(O)cc1O. The maximum atomic E-state index is 11.5. The number of carbonyl (C=O) groups excluding carboxylic acids is 1. The molecule has 0 atom stereocenters. The summed E-state index contributed by atoms with van der Waals surface area (Å²) in [6, 6.07) is 15.6. The fourth-order valence-corrected chi connectivity index (χ4v) is 3.37. The van der Waals surface area contributed by atoms with Gasteiger partial charge in [0.15, 0.2) is 5.82 Å². The Morgan fingerprint density at radius 1 is 1.07 bits per heavy atom. The maximum absolute atomic E-state index is 11.5. The molecule has 4 aromatic rings. The van der Waals surface area contributed by atoms with Gasteiger partial charge in [0.2, 0.25) is 5.95 Å². The first-order chi connectivity index (χ1) is 14.0. The van der Waals surface area contributed by atoms with E-state index < -0.39 is 6.03 Å². The van der Waals surface area contributed by atoms with E-state index in [4.69, 9.17) is 5.73 Å². The second-order valence-electron chi connectivity index (χ2n) is 6.52. The molecule has 0 aliphatic rings. The van der Waals surface area contributed by atoms with Crippen LogP contribution in [0.1, 0.15) is 12.5 Å². The number of benzene rings is 3. The number of rotatable bonds is 4. The Labute approximate surface area is 166 Å². The fourth-order valence-electron chi connectivity index (χ4n) is 3.37. The standard InChI is InChI=1S/C21H19N5O3/c1-2-12-10-15(18(28)11-17(12)27)19-24-25-21(23-20(22)29)26(19)16-9-5-7-13-6-3-4-8-14(13)16/h3-11,27-28H,2H2,1H3,(H3,22,23,25,29). The van der Waals surface area contributed by atoms with Gasteiger partial charge in [0, 0.05) is 11.5 Å². The zero-order valence-corrected chi connectivity index (χ0v) is 15.6. The van der Waals surface area contributed by atoms with E-state index in [1.54, 1.807) is 10.6 Å². The van der Waals surface area contributed by atoms with Gasteiger partial charge >= 0.3 is 6.03 Å². The molecule has 0 aliphatic heterocycles. The Balaban J connectivity index is 2.03. The summed E-state index contributed by atoms with van der Waals surface area (Å²) in [4.78, 5) is 11.5.